The lowest BCUT2D eigenvalue weighted by molar-refractivity contribution is -0.115. The summed E-state index contributed by atoms with van der Waals surface area (Å²) in [7, 11) is 1.87. The summed E-state index contributed by atoms with van der Waals surface area (Å²) >= 11 is 1.15. The van der Waals surface area contributed by atoms with E-state index in [1.54, 1.807) is 10.9 Å². The molecule has 6 heteroatoms. The number of carbonyl (C=O) groups is 1. The normalized spacial score (nSPS) is 10.6. The molecule has 3 N–H and O–H groups in total. The van der Waals surface area contributed by atoms with Crippen molar-refractivity contribution in [3.63, 3.8) is 0 Å². The summed E-state index contributed by atoms with van der Waals surface area (Å²) in [6, 6.07) is 15.4. The maximum absolute atomic E-state index is 12.3. The molecule has 0 saturated heterocycles. The first kappa shape index (κ1) is 16.3. The van der Waals surface area contributed by atoms with Crippen LogP contribution in [0, 0.1) is 0 Å². The number of nitrogens with two attached hydrogens (primary N) is 1. The Bertz CT molecular complexity index is 845. The first-order chi connectivity index (χ1) is 11.6. The van der Waals surface area contributed by atoms with Gasteiger partial charge in [0.15, 0.2) is 0 Å². The van der Waals surface area contributed by atoms with Gasteiger partial charge in [0.1, 0.15) is 0 Å². The fraction of sp³-hybridized carbons (Fsp3) is 0.111. The average molecular weight is 338 g/mol. The van der Waals surface area contributed by atoms with Gasteiger partial charge in [-0.1, -0.05) is 30.3 Å². The van der Waals surface area contributed by atoms with Crippen molar-refractivity contribution in [2.24, 2.45) is 12.2 Å². The smallest absolute Gasteiger partial charge is 0.228 e. The molecular formula is C18H18N4OS. The van der Waals surface area contributed by atoms with Gasteiger partial charge in [-0.25, -0.2) is 0 Å². The van der Waals surface area contributed by atoms with Crippen molar-refractivity contribution in [2.75, 3.05) is 5.32 Å². The van der Waals surface area contributed by atoms with Gasteiger partial charge in [-0.15, -0.1) is 0 Å². The van der Waals surface area contributed by atoms with Crippen molar-refractivity contribution in [2.45, 2.75) is 11.3 Å². The number of benzene rings is 2. The van der Waals surface area contributed by atoms with Crippen LogP contribution >= 0.6 is 11.9 Å². The lowest BCUT2D eigenvalue weighted by atomic mass is 10.1. The second kappa shape index (κ2) is 7.33. The number of aryl methyl sites for hydroxylation is 1. The molecule has 5 nitrogen and oxygen atoms in total. The molecule has 0 aliphatic rings. The lowest BCUT2D eigenvalue weighted by Gasteiger charge is -2.09. The fourth-order valence-corrected chi connectivity index (χ4v) is 2.85. The number of anilines is 1. The number of hydrogen-bond acceptors (Lipinski definition) is 4. The quantitative estimate of drug-likeness (QED) is 0.701. The Labute approximate surface area is 145 Å². The number of aromatic nitrogens is 2. The molecule has 0 bridgehead atoms. The van der Waals surface area contributed by atoms with Gasteiger partial charge in [0.05, 0.1) is 12.6 Å². The van der Waals surface area contributed by atoms with Crippen LogP contribution in [0.1, 0.15) is 5.56 Å². The van der Waals surface area contributed by atoms with E-state index in [1.165, 1.54) is 0 Å². The largest absolute Gasteiger partial charge is 0.326 e. The average Bonchev–Trinajstić information content (AvgIpc) is 3.02. The van der Waals surface area contributed by atoms with E-state index in [-0.39, 0.29) is 5.91 Å². The third-order valence-electron chi connectivity index (χ3n) is 3.57. The summed E-state index contributed by atoms with van der Waals surface area (Å²) in [5, 5.41) is 12.8. The third kappa shape index (κ3) is 4.04. The van der Waals surface area contributed by atoms with E-state index in [9.17, 15) is 4.79 Å². The highest BCUT2D eigenvalue weighted by Crippen LogP contribution is 2.28. The first-order valence-electron chi connectivity index (χ1n) is 7.48. The van der Waals surface area contributed by atoms with Crippen LogP contribution in [0.15, 0.2) is 65.8 Å². The summed E-state index contributed by atoms with van der Waals surface area (Å²) in [6.45, 7) is 0. The molecule has 0 fully saturated rings. The van der Waals surface area contributed by atoms with E-state index in [0.717, 1.165) is 39.2 Å². The van der Waals surface area contributed by atoms with Crippen molar-refractivity contribution >= 4 is 23.5 Å². The number of rotatable bonds is 5. The molecule has 0 spiro atoms. The highest BCUT2D eigenvalue weighted by atomic mass is 32.2. The van der Waals surface area contributed by atoms with Crippen molar-refractivity contribution in [3.8, 4) is 11.1 Å². The molecule has 1 heterocycles. The molecule has 0 atom stereocenters. The Morgan fingerprint density at radius 3 is 2.67 bits per heavy atom. The molecule has 2 aromatic carbocycles. The summed E-state index contributed by atoms with van der Waals surface area (Å²) in [6.07, 6.45) is 4.05. The zero-order valence-electron chi connectivity index (χ0n) is 13.3. The van der Waals surface area contributed by atoms with Gasteiger partial charge in [-0.05, 0) is 41.3 Å². The summed E-state index contributed by atoms with van der Waals surface area (Å²) in [5.74, 6) is -0.0579. The van der Waals surface area contributed by atoms with Crippen molar-refractivity contribution in [1.82, 2.24) is 9.78 Å². The number of nitrogens with zero attached hydrogens (tertiary/aromatic N) is 2. The predicted molar refractivity (Wildman–Crippen MR) is 97.5 cm³/mol. The molecule has 0 unspecified atom stereocenters. The minimum Gasteiger partial charge on any atom is -0.326 e. The molecule has 0 saturated carbocycles. The van der Waals surface area contributed by atoms with Gasteiger partial charge in [0.25, 0.3) is 0 Å². The minimum atomic E-state index is -0.0579. The maximum Gasteiger partial charge on any atom is 0.228 e. The Hall–Kier alpha value is -2.57. The van der Waals surface area contributed by atoms with Crippen LogP contribution < -0.4 is 10.5 Å². The third-order valence-corrected chi connectivity index (χ3v) is 4.08. The lowest BCUT2D eigenvalue weighted by Crippen LogP contribution is -2.14. The van der Waals surface area contributed by atoms with Crippen LogP contribution in [0.5, 0.6) is 0 Å². The van der Waals surface area contributed by atoms with E-state index >= 15 is 0 Å². The molecule has 3 aromatic rings. The summed E-state index contributed by atoms with van der Waals surface area (Å²) < 4.78 is 1.74. The van der Waals surface area contributed by atoms with Crippen molar-refractivity contribution in [3.05, 3.63) is 66.5 Å². The van der Waals surface area contributed by atoms with Crippen LogP contribution in [0.25, 0.3) is 11.1 Å². The standard InChI is InChI=1S/C18H18N4OS/c1-22-12-15(11-20-22)14-8-16(10-17(9-14)24-19)21-18(23)7-13-5-3-2-4-6-13/h2-6,8-12H,7,19H2,1H3,(H,21,23). The Morgan fingerprint density at radius 2 is 2.00 bits per heavy atom. The Kier molecular flexibility index (Phi) is 4.98. The van der Waals surface area contributed by atoms with E-state index in [1.807, 2.05) is 61.8 Å². The van der Waals surface area contributed by atoms with E-state index < -0.39 is 0 Å². The highest BCUT2D eigenvalue weighted by Gasteiger charge is 2.08. The maximum atomic E-state index is 12.3. The van der Waals surface area contributed by atoms with Crippen molar-refractivity contribution < 1.29 is 4.79 Å². The fourth-order valence-electron chi connectivity index (χ4n) is 2.46. The van der Waals surface area contributed by atoms with Crippen LogP contribution in [-0.4, -0.2) is 15.7 Å². The first-order valence-corrected chi connectivity index (χ1v) is 8.36. The second-order valence-electron chi connectivity index (χ2n) is 5.48. The van der Waals surface area contributed by atoms with Crippen LogP contribution in [0.3, 0.4) is 0 Å². The van der Waals surface area contributed by atoms with Gasteiger partial charge in [0.2, 0.25) is 5.91 Å². The monoisotopic (exact) mass is 338 g/mol. The molecule has 0 aliphatic carbocycles. The molecule has 0 radical (unpaired) electrons. The number of carbonyl (C=O) groups excluding carboxylic acids is 1. The zero-order chi connectivity index (χ0) is 16.9. The number of nitrogens with one attached hydrogen (secondary N) is 1. The van der Waals surface area contributed by atoms with Crippen LogP contribution in [-0.2, 0) is 18.3 Å². The predicted octanol–water partition coefficient (Wildman–Crippen LogP) is 3.23. The van der Waals surface area contributed by atoms with Crippen LogP contribution in [0.4, 0.5) is 5.69 Å². The van der Waals surface area contributed by atoms with Crippen molar-refractivity contribution in [1.29, 1.82) is 0 Å². The Balaban J connectivity index is 1.81. The topological polar surface area (TPSA) is 72.9 Å². The second-order valence-corrected chi connectivity index (χ2v) is 6.18. The SMILES string of the molecule is Cn1cc(-c2cc(NC(=O)Cc3ccccc3)cc(SN)c2)cn1. The van der Waals surface area contributed by atoms with Gasteiger partial charge in [-0.2, -0.15) is 5.10 Å². The van der Waals surface area contributed by atoms with E-state index in [0.29, 0.717) is 6.42 Å². The van der Waals surface area contributed by atoms with Gasteiger partial charge in [0, 0.05) is 29.4 Å². The minimum absolute atomic E-state index is 0.0579. The number of hydrogen-bond donors (Lipinski definition) is 2. The Morgan fingerprint density at radius 1 is 1.21 bits per heavy atom. The molecule has 1 amide bonds. The van der Waals surface area contributed by atoms with Gasteiger partial charge in [-0.3, -0.25) is 14.6 Å². The zero-order valence-corrected chi connectivity index (χ0v) is 14.1. The summed E-state index contributed by atoms with van der Waals surface area (Å²) in [4.78, 5) is 13.1. The molecule has 1 aromatic heterocycles. The van der Waals surface area contributed by atoms with Gasteiger partial charge >= 0.3 is 0 Å². The molecule has 122 valence electrons. The van der Waals surface area contributed by atoms with E-state index in [2.05, 4.69) is 10.4 Å². The molecule has 3 rings (SSSR count). The highest BCUT2D eigenvalue weighted by molar-refractivity contribution is 7.97. The van der Waals surface area contributed by atoms with E-state index in [4.69, 9.17) is 5.14 Å². The van der Waals surface area contributed by atoms with Crippen LogP contribution in [0.2, 0.25) is 0 Å². The summed E-state index contributed by atoms with van der Waals surface area (Å²) in [5.41, 5.74) is 3.65. The molecular weight excluding hydrogens is 320 g/mol. The van der Waals surface area contributed by atoms with Gasteiger partial charge < -0.3 is 5.32 Å². The number of amides is 1. The molecule has 0 aliphatic heterocycles. The molecule has 24 heavy (non-hydrogen) atoms.